The Kier molecular flexibility index (Phi) is 4.32. The van der Waals surface area contributed by atoms with Gasteiger partial charge in [-0.3, -0.25) is 0 Å². The van der Waals surface area contributed by atoms with Crippen molar-refractivity contribution in [2.24, 2.45) is 5.73 Å². The maximum Gasteiger partial charge on any atom is 0.133 e. The highest BCUT2D eigenvalue weighted by Gasteiger charge is 2.11. The van der Waals surface area contributed by atoms with E-state index in [1.807, 2.05) is 26.0 Å². The highest BCUT2D eigenvalue weighted by molar-refractivity contribution is 9.10. The van der Waals surface area contributed by atoms with Crippen molar-refractivity contribution in [3.05, 3.63) is 45.8 Å². The zero-order valence-corrected chi connectivity index (χ0v) is 13.0. The van der Waals surface area contributed by atoms with Gasteiger partial charge in [0.15, 0.2) is 0 Å². The molecule has 1 aromatic carbocycles. The lowest BCUT2D eigenvalue weighted by Crippen LogP contribution is -2.13. The maximum absolute atomic E-state index is 5.71. The molecular formula is C15H18BrN3. The van der Waals surface area contributed by atoms with Gasteiger partial charge < -0.3 is 5.73 Å². The predicted octanol–water partition coefficient (Wildman–Crippen LogP) is 3.59. The van der Waals surface area contributed by atoms with Crippen molar-refractivity contribution in [1.29, 1.82) is 0 Å². The molecule has 2 aromatic rings. The van der Waals surface area contributed by atoms with Crippen molar-refractivity contribution in [3.8, 4) is 11.3 Å². The lowest BCUT2D eigenvalue weighted by Gasteiger charge is -2.12. The summed E-state index contributed by atoms with van der Waals surface area (Å²) >= 11 is 3.51. The molecule has 2 rings (SSSR count). The first kappa shape index (κ1) is 14.2. The van der Waals surface area contributed by atoms with Crippen molar-refractivity contribution in [1.82, 2.24) is 9.97 Å². The van der Waals surface area contributed by atoms with Gasteiger partial charge in [-0.15, -0.1) is 0 Å². The fourth-order valence-electron chi connectivity index (χ4n) is 1.93. The number of rotatable bonds is 3. The van der Waals surface area contributed by atoms with E-state index in [0.29, 0.717) is 6.54 Å². The number of aromatic nitrogens is 2. The molecule has 0 amide bonds. The molecule has 0 aliphatic heterocycles. The Hall–Kier alpha value is -1.26. The molecule has 19 heavy (non-hydrogen) atoms. The standard InChI is InChI=1S/C15H18BrN3/c1-9-4-5-12(16)7-13(9)14-6-11(3)18-15(19-14)10(2)8-17/h4-7,10H,8,17H2,1-3H3. The smallest absolute Gasteiger partial charge is 0.133 e. The molecule has 0 fully saturated rings. The van der Waals surface area contributed by atoms with Crippen LogP contribution in [0.1, 0.15) is 29.9 Å². The van der Waals surface area contributed by atoms with Gasteiger partial charge >= 0.3 is 0 Å². The summed E-state index contributed by atoms with van der Waals surface area (Å²) in [4.78, 5) is 9.14. The van der Waals surface area contributed by atoms with Crippen LogP contribution in [-0.4, -0.2) is 16.5 Å². The molecule has 1 aromatic heterocycles. The van der Waals surface area contributed by atoms with E-state index in [-0.39, 0.29) is 5.92 Å². The summed E-state index contributed by atoms with van der Waals surface area (Å²) in [7, 11) is 0. The van der Waals surface area contributed by atoms with Crippen LogP contribution in [0, 0.1) is 13.8 Å². The lowest BCUT2D eigenvalue weighted by molar-refractivity contribution is 0.708. The largest absolute Gasteiger partial charge is 0.330 e. The molecule has 1 unspecified atom stereocenters. The molecule has 0 spiro atoms. The van der Waals surface area contributed by atoms with E-state index < -0.39 is 0 Å². The van der Waals surface area contributed by atoms with Crippen molar-refractivity contribution >= 4 is 15.9 Å². The average molecular weight is 320 g/mol. The second-order valence-electron chi connectivity index (χ2n) is 4.85. The minimum atomic E-state index is 0.172. The summed E-state index contributed by atoms with van der Waals surface area (Å²) in [6.45, 7) is 6.68. The molecule has 3 nitrogen and oxygen atoms in total. The SMILES string of the molecule is Cc1cc(-c2cc(Br)ccc2C)nc(C(C)CN)n1. The third-order valence-corrected chi connectivity index (χ3v) is 3.63. The Morgan fingerprint density at radius 3 is 2.63 bits per heavy atom. The Balaban J connectivity index is 2.56. The van der Waals surface area contributed by atoms with Crippen LogP contribution in [0.4, 0.5) is 0 Å². The fourth-order valence-corrected chi connectivity index (χ4v) is 2.29. The van der Waals surface area contributed by atoms with Crippen LogP contribution < -0.4 is 5.73 Å². The number of benzene rings is 1. The van der Waals surface area contributed by atoms with Gasteiger partial charge in [-0.25, -0.2) is 9.97 Å². The molecule has 4 heteroatoms. The summed E-state index contributed by atoms with van der Waals surface area (Å²) in [5.74, 6) is 0.989. The lowest BCUT2D eigenvalue weighted by atomic mass is 10.0. The monoisotopic (exact) mass is 319 g/mol. The van der Waals surface area contributed by atoms with Crippen LogP contribution in [0.2, 0.25) is 0 Å². The predicted molar refractivity (Wildman–Crippen MR) is 82.1 cm³/mol. The van der Waals surface area contributed by atoms with Gasteiger partial charge in [0.05, 0.1) is 5.69 Å². The Morgan fingerprint density at radius 2 is 1.95 bits per heavy atom. The van der Waals surface area contributed by atoms with E-state index in [4.69, 9.17) is 5.73 Å². The van der Waals surface area contributed by atoms with E-state index in [9.17, 15) is 0 Å². The summed E-state index contributed by atoms with van der Waals surface area (Å²) in [6, 6.07) is 8.23. The Bertz CT molecular complexity index is 596. The first-order valence-corrected chi connectivity index (χ1v) is 7.12. The molecule has 2 N–H and O–H groups in total. The fraction of sp³-hybridized carbons (Fsp3) is 0.333. The minimum absolute atomic E-state index is 0.172. The van der Waals surface area contributed by atoms with Crippen LogP contribution in [0.15, 0.2) is 28.7 Å². The highest BCUT2D eigenvalue weighted by Crippen LogP contribution is 2.26. The third kappa shape index (κ3) is 3.19. The van der Waals surface area contributed by atoms with Crippen LogP contribution in [0.3, 0.4) is 0 Å². The van der Waals surface area contributed by atoms with Crippen LogP contribution in [0.25, 0.3) is 11.3 Å². The first-order chi connectivity index (χ1) is 9.01. The quantitative estimate of drug-likeness (QED) is 0.940. The second-order valence-corrected chi connectivity index (χ2v) is 5.76. The van der Waals surface area contributed by atoms with Gasteiger partial charge in [0.2, 0.25) is 0 Å². The van der Waals surface area contributed by atoms with Crippen molar-refractivity contribution in [2.75, 3.05) is 6.54 Å². The first-order valence-electron chi connectivity index (χ1n) is 6.33. The van der Waals surface area contributed by atoms with Crippen LogP contribution in [-0.2, 0) is 0 Å². The van der Waals surface area contributed by atoms with E-state index in [2.05, 4.69) is 45.0 Å². The normalized spacial score (nSPS) is 12.5. The Morgan fingerprint density at radius 1 is 1.21 bits per heavy atom. The summed E-state index contributed by atoms with van der Waals surface area (Å²) in [6.07, 6.45) is 0. The zero-order chi connectivity index (χ0) is 14.0. The van der Waals surface area contributed by atoms with Gasteiger partial charge in [-0.05, 0) is 37.6 Å². The highest BCUT2D eigenvalue weighted by atomic mass is 79.9. The molecular weight excluding hydrogens is 302 g/mol. The average Bonchev–Trinajstić information content (AvgIpc) is 2.39. The molecule has 0 radical (unpaired) electrons. The molecule has 1 heterocycles. The maximum atomic E-state index is 5.71. The topological polar surface area (TPSA) is 51.8 Å². The molecule has 0 aliphatic rings. The van der Waals surface area contributed by atoms with E-state index in [1.54, 1.807) is 0 Å². The number of hydrogen-bond donors (Lipinski definition) is 1. The van der Waals surface area contributed by atoms with Crippen molar-refractivity contribution in [3.63, 3.8) is 0 Å². The third-order valence-electron chi connectivity index (χ3n) is 3.14. The van der Waals surface area contributed by atoms with E-state index >= 15 is 0 Å². The molecule has 1 atom stereocenters. The van der Waals surface area contributed by atoms with E-state index in [0.717, 1.165) is 27.2 Å². The number of nitrogens with two attached hydrogens (primary N) is 1. The minimum Gasteiger partial charge on any atom is -0.330 e. The summed E-state index contributed by atoms with van der Waals surface area (Å²) in [5.41, 5.74) is 9.97. The van der Waals surface area contributed by atoms with Crippen LogP contribution >= 0.6 is 15.9 Å². The molecule has 100 valence electrons. The van der Waals surface area contributed by atoms with Crippen molar-refractivity contribution < 1.29 is 0 Å². The van der Waals surface area contributed by atoms with Gasteiger partial charge in [-0.1, -0.05) is 28.9 Å². The summed E-state index contributed by atoms with van der Waals surface area (Å²) in [5, 5.41) is 0. The van der Waals surface area contributed by atoms with Crippen molar-refractivity contribution in [2.45, 2.75) is 26.7 Å². The number of hydrogen-bond acceptors (Lipinski definition) is 3. The zero-order valence-electron chi connectivity index (χ0n) is 11.4. The Labute approximate surface area is 122 Å². The number of nitrogens with zero attached hydrogens (tertiary/aromatic N) is 2. The van der Waals surface area contributed by atoms with Gasteiger partial charge in [0.1, 0.15) is 5.82 Å². The van der Waals surface area contributed by atoms with Crippen LogP contribution in [0.5, 0.6) is 0 Å². The number of halogens is 1. The molecule has 0 bridgehead atoms. The molecule has 0 saturated heterocycles. The summed E-state index contributed by atoms with van der Waals surface area (Å²) < 4.78 is 1.05. The second kappa shape index (κ2) is 5.80. The van der Waals surface area contributed by atoms with E-state index in [1.165, 1.54) is 5.56 Å². The molecule has 0 aliphatic carbocycles. The van der Waals surface area contributed by atoms with Gasteiger partial charge in [0.25, 0.3) is 0 Å². The van der Waals surface area contributed by atoms with Gasteiger partial charge in [-0.2, -0.15) is 0 Å². The number of aryl methyl sites for hydroxylation is 2. The molecule has 0 saturated carbocycles. The van der Waals surface area contributed by atoms with Gasteiger partial charge in [0, 0.05) is 28.2 Å².